The lowest BCUT2D eigenvalue weighted by Crippen LogP contribution is -2.45. The lowest BCUT2D eigenvalue weighted by atomic mass is 10.0. The van der Waals surface area contributed by atoms with Gasteiger partial charge in [0.25, 0.3) is 0 Å². The van der Waals surface area contributed by atoms with Gasteiger partial charge in [-0.05, 0) is 30.2 Å². The van der Waals surface area contributed by atoms with Crippen molar-refractivity contribution in [2.75, 3.05) is 0 Å². The second-order valence-electron chi connectivity index (χ2n) is 7.17. The van der Waals surface area contributed by atoms with E-state index >= 15 is 0 Å². The van der Waals surface area contributed by atoms with Crippen molar-refractivity contribution in [1.29, 1.82) is 0 Å². The number of hydrogen-bond acceptors (Lipinski definition) is 2. The molecule has 4 nitrogen and oxygen atoms in total. The lowest BCUT2D eigenvalue weighted by Gasteiger charge is -2.17. The third-order valence-corrected chi connectivity index (χ3v) is 4.54. The number of alkyl halides is 6. The summed E-state index contributed by atoms with van der Waals surface area (Å²) in [5, 5.41) is 2.31. The molecule has 1 aromatic rings. The quantitative estimate of drug-likeness (QED) is 0.376. The van der Waals surface area contributed by atoms with Gasteiger partial charge in [0.05, 0.1) is 17.5 Å². The van der Waals surface area contributed by atoms with Crippen molar-refractivity contribution < 1.29 is 35.9 Å². The molecule has 0 radical (unpaired) electrons. The standard InChI is InChI=1S/C20H26F6N2O2/c1-2-3-4-5-6-7-8-16(18(27)30)28-17(29)11-13-9-14(19(21,22)23)12-15(10-13)20(24,25)26/h9-10,12,16H,2-8,11H2,1H3,(H2,27,30)(H,28,29)/t16-/m1/s1. The number of halogens is 6. The zero-order valence-electron chi connectivity index (χ0n) is 16.6. The molecule has 1 atom stereocenters. The third-order valence-electron chi connectivity index (χ3n) is 4.54. The highest BCUT2D eigenvalue weighted by atomic mass is 19.4. The van der Waals surface area contributed by atoms with E-state index in [1.54, 1.807) is 0 Å². The van der Waals surface area contributed by atoms with Crippen LogP contribution >= 0.6 is 0 Å². The van der Waals surface area contributed by atoms with Gasteiger partial charge in [-0.25, -0.2) is 0 Å². The van der Waals surface area contributed by atoms with Gasteiger partial charge in [0.2, 0.25) is 11.8 Å². The summed E-state index contributed by atoms with van der Waals surface area (Å²) in [5.74, 6) is -1.69. The van der Waals surface area contributed by atoms with Crippen LogP contribution in [0.2, 0.25) is 0 Å². The van der Waals surface area contributed by atoms with E-state index in [0.29, 0.717) is 18.6 Å². The number of amides is 2. The summed E-state index contributed by atoms with van der Waals surface area (Å²) in [4.78, 5) is 23.7. The molecule has 0 spiro atoms. The number of carbonyl (C=O) groups is 2. The Hall–Kier alpha value is -2.26. The monoisotopic (exact) mass is 440 g/mol. The zero-order valence-corrected chi connectivity index (χ0v) is 16.6. The van der Waals surface area contributed by atoms with E-state index in [9.17, 15) is 35.9 Å². The van der Waals surface area contributed by atoms with Crippen LogP contribution in [-0.4, -0.2) is 17.9 Å². The number of primary amides is 1. The van der Waals surface area contributed by atoms with E-state index in [2.05, 4.69) is 12.2 Å². The molecule has 1 rings (SSSR count). The molecular formula is C20H26F6N2O2. The highest BCUT2D eigenvalue weighted by molar-refractivity contribution is 5.87. The number of carbonyl (C=O) groups excluding carboxylic acids is 2. The van der Waals surface area contributed by atoms with Crippen molar-refractivity contribution in [3.63, 3.8) is 0 Å². The fourth-order valence-corrected chi connectivity index (χ4v) is 2.97. The summed E-state index contributed by atoms with van der Waals surface area (Å²) in [6.07, 6.45) is -4.89. The molecule has 0 aliphatic heterocycles. The van der Waals surface area contributed by atoms with Crippen LogP contribution in [0.25, 0.3) is 0 Å². The predicted octanol–water partition coefficient (Wildman–Crippen LogP) is 4.99. The van der Waals surface area contributed by atoms with Crippen LogP contribution in [0.3, 0.4) is 0 Å². The highest BCUT2D eigenvalue weighted by Gasteiger charge is 2.37. The normalized spacial score (nSPS) is 13.2. The highest BCUT2D eigenvalue weighted by Crippen LogP contribution is 2.36. The molecular weight excluding hydrogens is 414 g/mol. The number of hydrogen-bond donors (Lipinski definition) is 2. The molecule has 0 unspecified atom stereocenters. The number of nitrogens with two attached hydrogens (primary N) is 1. The fourth-order valence-electron chi connectivity index (χ4n) is 2.97. The summed E-state index contributed by atoms with van der Waals surface area (Å²) in [5.41, 5.74) is 1.79. The van der Waals surface area contributed by atoms with Crippen molar-refractivity contribution >= 4 is 11.8 Å². The van der Waals surface area contributed by atoms with Gasteiger partial charge in [-0.3, -0.25) is 9.59 Å². The van der Waals surface area contributed by atoms with Gasteiger partial charge in [0, 0.05) is 0 Å². The molecule has 0 saturated heterocycles. The summed E-state index contributed by atoms with van der Waals surface area (Å²) < 4.78 is 77.5. The summed E-state index contributed by atoms with van der Waals surface area (Å²) >= 11 is 0. The Bertz CT molecular complexity index is 684. The van der Waals surface area contributed by atoms with E-state index in [4.69, 9.17) is 5.73 Å². The minimum Gasteiger partial charge on any atom is -0.368 e. The van der Waals surface area contributed by atoms with Gasteiger partial charge < -0.3 is 11.1 Å². The first-order valence-corrected chi connectivity index (χ1v) is 9.71. The first kappa shape index (κ1) is 25.8. The molecule has 0 fully saturated rings. The van der Waals surface area contributed by atoms with Crippen LogP contribution in [0.1, 0.15) is 68.6 Å². The summed E-state index contributed by atoms with van der Waals surface area (Å²) in [6, 6.07) is -0.0629. The molecule has 10 heteroatoms. The number of rotatable bonds is 11. The van der Waals surface area contributed by atoms with Crippen LogP contribution in [0.15, 0.2) is 18.2 Å². The lowest BCUT2D eigenvalue weighted by molar-refractivity contribution is -0.143. The molecule has 0 saturated carbocycles. The fraction of sp³-hybridized carbons (Fsp3) is 0.600. The molecule has 1 aromatic carbocycles. The summed E-state index contributed by atoms with van der Waals surface area (Å²) in [7, 11) is 0. The van der Waals surface area contributed by atoms with Gasteiger partial charge in [-0.1, -0.05) is 45.4 Å². The van der Waals surface area contributed by atoms with Crippen LogP contribution in [0.4, 0.5) is 26.3 Å². The molecule has 0 aliphatic rings. The van der Waals surface area contributed by atoms with Crippen molar-refractivity contribution in [2.45, 2.75) is 76.7 Å². The molecule has 30 heavy (non-hydrogen) atoms. The van der Waals surface area contributed by atoms with Crippen LogP contribution < -0.4 is 11.1 Å². The molecule has 0 bridgehead atoms. The van der Waals surface area contributed by atoms with Crippen molar-refractivity contribution in [2.24, 2.45) is 5.73 Å². The SMILES string of the molecule is CCCCCCCC[C@@H](NC(=O)Cc1cc(C(F)(F)F)cc(C(F)(F)F)c1)C(N)=O. The van der Waals surface area contributed by atoms with Crippen LogP contribution in [0.5, 0.6) is 0 Å². The first-order chi connectivity index (χ1) is 13.8. The molecule has 0 heterocycles. The minimum absolute atomic E-state index is 0.00778. The molecule has 0 aromatic heterocycles. The second kappa shape index (κ2) is 11.2. The Morgan fingerprint density at radius 2 is 1.40 bits per heavy atom. The van der Waals surface area contributed by atoms with Gasteiger partial charge in [0.1, 0.15) is 6.04 Å². The molecule has 170 valence electrons. The first-order valence-electron chi connectivity index (χ1n) is 9.71. The maximum atomic E-state index is 12.9. The molecule has 0 aliphatic carbocycles. The van der Waals surface area contributed by atoms with E-state index in [-0.39, 0.29) is 12.5 Å². The van der Waals surface area contributed by atoms with E-state index in [1.807, 2.05) is 0 Å². The Morgan fingerprint density at radius 1 is 0.900 bits per heavy atom. The van der Waals surface area contributed by atoms with E-state index in [1.165, 1.54) is 0 Å². The smallest absolute Gasteiger partial charge is 0.368 e. The zero-order chi connectivity index (χ0) is 22.9. The maximum absolute atomic E-state index is 12.9. The third kappa shape index (κ3) is 9.04. The van der Waals surface area contributed by atoms with Gasteiger partial charge >= 0.3 is 12.4 Å². The number of benzene rings is 1. The van der Waals surface area contributed by atoms with Gasteiger partial charge in [-0.15, -0.1) is 0 Å². The van der Waals surface area contributed by atoms with Crippen LogP contribution in [0, 0.1) is 0 Å². The van der Waals surface area contributed by atoms with E-state index < -0.39 is 53.3 Å². The predicted molar refractivity (Wildman–Crippen MR) is 99.3 cm³/mol. The van der Waals surface area contributed by atoms with Gasteiger partial charge in [-0.2, -0.15) is 26.3 Å². The largest absolute Gasteiger partial charge is 0.416 e. The van der Waals surface area contributed by atoms with Crippen LogP contribution in [-0.2, 0) is 28.4 Å². The Kier molecular flexibility index (Phi) is 9.64. The summed E-state index contributed by atoms with van der Waals surface area (Å²) in [6.45, 7) is 2.07. The molecule has 3 N–H and O–H groups in total. The average molecular weight is 440 g/mol. The van der Waals surface area contributed by atoms with Gasteiger partial charge in [0.15, 0.2) is 0 Å². The molecule has 2 amide bonds. The average Bonchev–Trinajstić information content (AvgIpc) is 2.61. The number of unbranched alkanes of at least 4 members (excludes halogenated alkanes) is 5. The van der Waals surface area contributed by atoms with E-state index in [0.717, 1.165) is 32.1 Å². The Balaban J connectivity index is 2.80. The number of nitrogens with one attached hydrogen (secondary N) is 1. The van der Waals surface area contributed by atoms with Crippen molar-refractivity contribution in [1.82, 2.24) is 5.32 Å². The maximum Gasteiger partial charge on any atom is 0.416 e. The second-order valence-corrected chi connectivity index (χ2v) is 7.17. The Morgan fingerprint density at radius 3 is 1.87 bits per heavy atom. The van der Waals surface area contributed by atoms with Crippen molar-refractivity contribution in [3.8, 4) is 0 Å². The minimum atomic E-state index is -5.00. The van der Waals surface area contributed by atoms with Crippen molar-refractivity contribution in [3.05, 3.63) is 34.9 Å². The Labute approximate surface area is 171 Å². The topological polar surface area (TPSA) is 72.2 Å².